The third-order valence-corrected chi connectivity index (χ3v) is 4.84. The number of ketones is 1. The van der Waals surface area contributed by atoms with Gasteiger partial charge in [0.2, 0.25) is 5.76 Å². The molecule has 0 unspecified atom stereocenters. The number of fused-ring (bicyclic) bond motifs is 1. The number of rotatable bonds is 5. The van der Waals surface area contributed by atoms with Crippen LogP contribution < -0.4 is 0 Å². The lowest BCUT2D eigenvalue weighted by Crippen LogP contribution is -2.14. The third kappa shape index (κ3) is 3.63. The van der Waals surface area contributed by atoms with Crippen LogP contribution in [0.25, 0.3) is 21.0 Å². The predicted molar refractivity (Wildman–Crippen MR) is 98.3 cm³/mol. The Balaban J connectivity index is 1.45. The number of esters is 1. The number of benzene rings is 2. The lowest BCUT2D eigenvalue weighted by molar-refractivity contribution is 0.0445. The van der Waals surface area contributed by atoms with Crippen molar-refractivity contribution in [2.75, 3.05) is 6.61 Å². The Labute approximate surface area is 157 Å². The number of Topliss-reactive ketones (excluding diaryl/α,β-unsaturated/α-hetero) is 1. The van der Waals surface area contributed by atoms with Crippen LogP contribution in [0.15, 0.2) is 65.1 Å². The number of nitrogens with zero attached hydrogens (tertiary/aromatic N) is 1. The van der Waals surface area contributed by atoms with Crippen LogP contribution >= 0.6 is 11.3 Å². The number of hydrogen-bond acceptors (Lipinski definition) is 6. The lowest BCUT2D eigenvalue weighted by atomic mass is 10.1. The second-order valence-electron chi connectivity index (χ2n) is 5.66. The monoisotopic (exact) mass is 381 g/mol. The van der Waals surface area contributed by atoms with E-state index in [1.165, 1.54) is 35.6 Å². The van der Waals surface area contributed by atoms with E-state index in [4.69, 9.17) is 9.15 Å². The van der Waals surface area contributed by atoms with E-state index in [9.17, 15) is 14.0 Å². The van der Waals surface area contributed by atoms with Gasteiger partial charge < -0.3 is 9.15 Å². The summed E-state index contributed by atoms with van der Waals surface area (Å²) >= 11 is 1.45. The van der Waals surface area contributed by atoms with Crippen molar-refractivity contribution in [2.24, 2.45) is 0 Å². The van der Waals surface area contributed by atoms with Crippen molar-refractivity contribution in [1.82, 2.24) is 4.98 Å². The predicted octanol–water partition coefficient (Wildman–Crippen LogP) is 4.74. The first-order chi connectivity index (χ1) is 13.1. The molecule has 4 aromatic rings. The van der Waals surface area contributed by atoms with Crippen molar-refractivity contribution in [3.8, 4) is 10.8 Å². The number of furan rings is 1. The summed E-state index contributed by atoms with van der Waals surface area (Å²) in [5, 5.41) is 0.645. The minimum Gasteiger partial charge on any atom is -0.451 e. The third-order valence-electron chi connectivity index (χ3n) is 3.79. The molecule has 0 N–H and O–H groups in total. The summed E-state index contributed by atoms with van der Waals surface area (Å²) in [5.41, 5.74) is 0.983. The minimum absolute atomic E-state index is 0.0312. The van der Waals surface area contributed by atoms with Crippen LogP contribution in [0.5, 0.6) is 0 Å². The number of halogens is 1. The molecular formula is C20H12FNO4S. The molecule has 2 heterocycles. The number of ether oxygens (including phenoxy) is 1. The van der Waals surface area contributed by atoms with Gasteiger partial charge in [0.15, 0.2) is 23.2 Å². The normalized spacial score (nSPS) is 10.9. The van der Waals surface area contributed by atoms with Crippen LogP contribution in [0.3, 0.4) is 0 Å². The van der Waals surface area contributed by atoms with E-state index in [0.717, 1.165) is 16.3 Å². The highest BCUT2D eigenvalue weighted by Crippen LogP contribution is 2.31. The van der Waals surface area contributed by atoms with Crippen molar-refractivity contribution in [3.63, 3.8) is 0 Å². The molecule has 0 radical (unpaired) electrons. The van der Waals surface area contributed by atoms with Crippen LogP contribution in [-0.4, -0.2) is 23.3 Å². The Hall–Kier alpha value is -3.32. The van der Waals surface area contributed by atoms with E-state index in [1.807, 2.05) is 24.3 Å². The maximum absolute atomic E-state index is 13.2. The highest BCUT2D eigenvalue weighted by Gasteiger charge is 2.18. The highest BCUT2D eigenvalue weighted by atomic mass is 32.1. The molecule has 0 saturated heterocycles. The van der Waals surface area contributed by atoms with E-state index in [0.29, 0.717) is 10.8 Å². The van der Waals surface area contributed by atoms with Crippen molar-refractivity contribution < 1.29 is 23.1 Å². The molecule has 0 spiro atoms. The van der Waals surface area contributed by atoms with Crippen LogP contribution in [0, 0.1) is 5.82 Å². The molecule has 5 nitrogen and oxygen atoms in total. The topological polar surface area (TPSA) is 69.4 Å². The van der Waals surface area contributed by atoms with Crippen molar-refractivity contribution in [3.05, 3.63) is 77.8 Å². The molecule has 2 aromatic heterocycles. The fourth-order valence-corrected chi connectivity index (χ4v) is 3.42. The van der Waals surface area contributed by atoms with Gasteiger partial charge in [-0.1, -0.05) is 24.3 Å². The summed E-state index contributed by atoms with van der Waals surface area (Å²) in [6.45, 7) is -0.501. The average Bonchev–Trinajstić information content (AvgIpc) is 3.32. The zero-order chi connectivity index (χ0) is 18.8. The summed E-state index contributed by atoms with van der Waals surface area (Å²) in [6, 6.07) is 16.0. The standard InChI is InChI=1S/C20H12FNO4S/c21-13-5-3-4-12(10-13)15(23)11-25-20(24)17-9-8-16(26-17)19-22-14-6-1-2-7-18(14)27-19/h1-10H,11H2. The molecule has 0 bridgehead atoms. The van der Waals surface area contributed by atoms with Crippen molar-refractivity contribution in [1.29, 1.82) is 0 Å². The van der Waals surface area contributed by atoms with Gasteiger partial charge in [-0.3, -0.25) is 4.79 Å². The van der Waals surface area contributed by atoms with Crippen LogP contribution in [0.4, 0.5) is 4.39 Å². The average molecular weight is 381 g/mol. The molecule has 0 atom stereocenters. The van der Waals surface area contributed by atoms with Crippen molar-refractivity contribution >= 4 is 33.3 Å². The molecule has 0 fully saturated rings. The molecule has 0 amide bonds. The first-order valence-electron chi connectivity index (χ1n) is 8.02. The molecule has 4 rings (SSSR count). The maximum atomic E-state index is 13.2. The van der Waals surface area contributed by atoms with Crippen LogP contribution in [0.2, 0.25) is 0 Å². The fraction of sp³-hybridized carbons (Fsp3) is 0.0500. The number of para-hydroxylation sites is 1. The summed E-state index contributed by atoms with van der Waals surface area (Å²) in [6.07, 6.45) is 0. The Bertz CT molecular complexity index is 1110. The van der Waals surface area contributed by atoms with Gasteiger partial charge in [-0.2, -0.15) is 0 Å². The van der Waals surface area contributed by atoms with Crippen LogP contribution in [-0.2, 0) is 4.74 Å². The van der Waals surface area contributed by atoms with Gasteiger partial charge in [-0.25, -0.2) is 14.2 Å². The number of carbonyl (C=O) groups excluding carboxylic acids is 2. The zero-order valence-electron chi connectivity index (χ0n) is 13.8. The number of carbonyl (C=O) groups is 2. The van der Waals surface area contributed by atoms with E-state index in [-0.39, 0.29) is 11.3 Å². The van der Waals surface area contributed by atoms with E-state index >= 15 is 0 Å². The van der Waals surface area contributed by atoms with Gasteiger partial charge in [0.25, 0.3) is 0 Å². The van der Waals surface area contributed by atoms with Crippen LogP contribution in [0.1, 0.15) is 20.9 Å². The smallest absolute Gasteiger partial charge is 0.374 e. The first-order valence-corrected chi connectivity index (χ1v) is 8.83. The largest absolute Gasteiger partial charge is 0.451 e. The molecule has 0 saturated carbocycles. The van der Waals surface area contributed by atoms with E-state index in [1.54, 1.807) is 6.07 Å². The lowest BCUT2D eigenvalue weighted by Gasteiger charge is -2.02. The second-order valence-corrected chi connectivity index (χ2v) is 6.69. The van der Waals surface area contributed by atoms with Crippen molar-refractivity contribution in [2.45, 2.75) is 0 Å². The van der Waals surface area contributed by atoms with Gasteiger partial charge in [0, 0.05) is 5.56 Å². The Kier molecular flexibility index (Phi) is 4.52. The molecule has 0 aliphatic heterocycles. The van der Waals surface area contributed by atoms with Gasteiger partial charge >= 0.3 is 5.97 Å². The molecule has 134 valence electrons. The number of thiazole rings is 1. The molecule has 0 aliphatic carbocycles. The van der Waals surface area contributed by atoms with Gasteiger partial charge in [-0.05, 0) is 36.4 Å². The highest BCUT2D eigenvalue weighted by molar-refractivity contribution is 7.21. The van der Waals surface area contributed by atoms with E-state index in [2.05, 4.69) is 4.98 Å². The summed E-state index contributed by atoms with van der Waals surface area (Å²) in [7, 11) is 0. The summed E-state index contributed by atoms with van der Waals surface area (Å²) in [5.74, 6) is -1.39. The quantitative estimate of drug-likeness (QED) is 0.369. The minimum atomic E-state index is -0.771. The summed E-state index contributed by atoms with van der Waals surface area (Å²) < 4.78 is 24.7. The van der Waals surface area contributed by atoms with Gasteiger partial charge in [0.1, 0.15) is 5.82 Å². The Morgan fingerprint density at radius 2 is 1.93 bits per heavy atom. The van der Waals surface area contributed by atoms with Gasteiger partial charge in [-0.15, -0.1) is 11.3 Å². The molecule has 7 heteroatoms. The molecule has 27 heavy (non-hydrogen) atoms. The van der Waals surface area contributed by atoms with Gasteiger partial charge in [0.05, 0.1) is 10.2 Å². The fourth-order valence-electron chi connectivity index (χ4n) is 2.49. The second kappa shape index (κ2) is 7.13. The summed E-state index contributed by atoms with van der Waals surface area (Å²) in [4.78, 5) is 28.5. The van der Waals surface area contributed by atoms with E-state index < -0.39 is 24.2 Å². The molecule has 2 aromatic carbocycles. The Morgan fingerprint density at radius 3 is 2.74 bits per heavy atom. The first kappa shape index (κ1) is 17.1. The Morgan fingerprint density at radius 1 is 1.07 bits per heavy atom. The zero-order valence-corrected chi connectivity index (χ0v) is 14.7. The maximum Gasteiger partial charge on any atom is 0.374 e. The SMILES string of the molecule is O=C(COC(=O)c1ccc(-c2nc3ccccc3s2)o1)c1cccc(F)c1. The number of aromatic nitrogens is 1. The molecule has 0 aliphatic rings. The molecular weight excluding hydrogens is 369 g/mol. The number of hydrogen-bond donors (Lipinski definition) is 0.